The van der Waals surface area contributed by atoms with E-state index in [-0.39, 0.29) is 29.8 Å². The molecule has 2 saturated heterocycles. The van der Waals surface area contributed by atoms with Crippen molar-refractivity contribution in [3.05, 3.63) is 59.2 Å². The Labute approximate surface area is 202 Å². The van der Waals surface area contributed by atoms with Crippen molar-refractivity contribution >= 4 is 23.2 Å². The van der Waals surface area contributed by atoms with Crippen LogP contribution >= 0.6 is 0 Å². The van der Waals surface area contributed by atoms with Crippen LogP contribution in [0.3, 0.4) is 0 Å². The number of nitrogens with one attached hydrogen (secondary N) is 2. The number of amides is 2. The molecule has 2 N–H and O–H groups in total. The third-order valence-corrected chi connectivity index (χ3v) is 7.02. The normalized spacial score (nSPS) is 20.7. The highest BCUT2D eigenvalue weighted by Crippen LogP contribution is 2.38. The molecule has 1 aliphatic carbocycles. The minimum Gasteiger partial charge on any atom is -0.371 e. The Morgan fingerprint density at radius 3 is 2.46 bits per heavy atom. The van der Waals surface area contributed by atoms with Gasteiger partial charge in [-0.05, 0) is 55.5 Å². The predicted molar refractivity (Wildman–Crippen MR) is 127 cm³/mol. The first-order valence-corrected chi connectivity index (χ1v) is 12.2. The number of hydrogen-bond donors (Lipinski definition) is 2. The monoisotopic (exact) mass is 486 g/mol. The molecule has 0 radical (unpaired) electrons. The van der Waals surface area contributed by atoms with Gasteiger partial charge < -0.3 is 20.4 Å². The Hall–Kier alpha value is -3.07. The van der Waals surface area contributed by atoms with Gasteiger partial charge in [0, 0.05) is 44.3 Å². The van der Waals surface area contributed by atoms with Gasteiger partial charge in [0.15, 0.2) is 0 Å². The van der Waals surface area contributed by atoms with E-state index < -0.39 is 17.8 Å². The van der Waals surface area contributed by atoms with E-state index in [9.17, 15) is 22.8 Å². The van der Waals surface area contributed by atoms with Crippen LogP contribution in [-0.2, 0) is 11.0 Å². The number of rotatable bonds is 5. The van der Waals surface area contributed by atoms with E-state index in [0.29, 0.717) is 24.3 Å². The Kier molecular flexibility index (Phi) is 6.44. The molecule has 2 aromatic rings. The minimum atomic E-state index is -4.51. The van der Waals surface area contributed by atoms with Gasteiger partial charge in [-0.1, -0.05) is 18.2 Å². The molecule has 2 amide bonds. The summed E-state index contributed by atoms with van der Waals surface area (Å²) in [6.45, 7) is 2.64. The highest BCUT2D eigenvalue weighted by Gasteiger charge is 2.39. The maximum atomic E-state index is 13.9. The summed E-state index contributed by atoms with van der Waals surface area (Å²) in [5, 5.41) is 6.09. The number of alkyl halides is 3. The first-order valence-electron chi connectivity index (χ1n) is 12.2. The van der Waals surface area contributed by atoms with Crippen LogP contribution in [0.15, 0.2) is 42.5 Å². The van der Waals surface area contributed by atoms with Gasteiger partial charge in [-0.15, -0.1) is 0 Å². The van der Waals surface area contributed by atoms with Gasteiger partial charge in [-0.25, -0.2) is 0 Å². The van der Waals surface area contributed by atoms with E-state index in [1.165, 1.54) is 12.1 Å². The standard InChI is InChI=1S/C26H29F3N4O2/c27-26(28,29)21-6-2-1-5-19(21)23-16-30-11-14-33(23)25(35)20-10-9-18(31-24(34)17-7-8-17)15-22(20)32-12-3-4-13-32/h1-2,5-6,9-10,15,17,23,30H,3-4,7-8,11-14,16H2,(H,31,34). The highest BCUT2D eigenvalue weighted by atomic mass is 19.4. The first-order chi connectivity index (χ1) is 16.8. The lowest BCUT2D eigenvalue weighted by atomic mass is 9.96. The quantitative estimate of drug-likeness (QED) is 0.656. The number of carbonyl (C=O) groups is 2. The molecule has 0 bridgehead atoms. The molecule has 2 aromatic carbocycles. The molecule has 5 rings (SSSR count). The topological polar surface area (TPSA) is 64.7 Å². The van der Waals surface area contributed by atoms with E-state index >= 15 is 0 Å². The zero-order valence-corrected chi connectivity index (χ0v) is 19.4. The molecule has 35 heavy (non-hydrogen) atoms. The molecule has 186 valence electrons. The summed E-state index contributed by atoms with van der Waals surface area (Å²) in [6, 6.07) is 9.98. The maximum Gasteiger partial charge on any atom is 0.416 e. The van der Waals surface area contributed by atoms with Crippen molar-refractivity contribution in [3.8, 4) is 0 Å². The van der Waals surface area contributed by atoms with Crippen molar-refractivity contribution in [2.75, 3.05) is 42.9 Å². The van der Waals surface area contributed by atoms with Crippen LogP contribution in [0.5, 0.6) is 0 Å². The molecule has 1 unspecified atom stereocenters. The summed E-state index contributed by atoms with van der Waals surface area (Å²) in [5.41, 5.74) is 1.19. The van der Waals surface area contributed by atoms with Crippen molar-refractivity contribution in [2.45, 2.75) is 37.9 Å². The summed E-state index contributed by atoms with van der Waals surface area (Å²) in [5.74, 6) is -0.250. The minimum absolute atomic E-state index is 0.0117. The van der Waals surface area contributed by atoms with E-state index in [1.807, 2.05) is 6.07 Å². The van der Waals surface area contributed by atoms with Gasteiger partial charge in [0.05, 0.1) is 22.9 Å². The summed E-state index contributed by atoms with van der Waals surface area (Å²) >= 11 is 0. The lowest BCUT2D eigenvalue weighted by Crippen LogP contribution is -2.49. The Morgan fingerprint density at radius 2 is 1.74 bits per heavy atom. The maximum absolute atomic E-state index is 13.9. The van der Waals surface area contributed by atoms with Crippen molar-refractivity contribution < 1.29 is 22.8 Å². The van der Waals surface area contributed by atoms with E-state index in [4.69, 9.17) is 0 Å². The summed E-state index contributed by atoms with van der Waals surface area (Å²) in [7, 11) is 0. The second-order valence-electron chi connectivity index (χ2n) is 9.49. The third kappa shape index (κ3) is 5.00. The van der Waals surface area contributed by atoms with Crippen LogP contribution in [0, 0.1) is 5.92 Å². The predicted octanol–water partition coefficient (Wildman–Crippen LogP) is 4.44. The van der Waals surface area contributed by atoms with Crippen LogP contribution < -0.4 is 15.5 Å². The van der Waals surface area contributed by atoms with Gasteiger partial charge >= 0.3 is 6.18 Å². The largest absolute Gasteiger partial charge is 0.416 e. The molecule has 2 aliphatic heterocycles. The molecule has 1 saturated carbocycles. The molecule has 0 spiro atoms. The Bertz CT molecular complexity index is 1110. The number of benzene rings is 2. The van der Waals surface area contributed by atoms with Crippen molar-refractivity contribution in [1.29, 1.82) is 0 Å². The summed E-state index contributed by atoms with van der Waals surface area (Å²) in [4.78, 5) is 29.8. The SMILES string of the molecule is O=C(Nc1ccc(C(=O)N2CCNCC2c2ccccc2C(F)(F)F)c(N2CCCC2)c1)C1CC1. The fourth-order valence-electron chi connectivity index (χ4n) is 5.03. The molecule has 3 aliphatic rings. The molecule has 2 heterocycles. The highest BCUT2D eigenvalue weighted by molar-refractivity contribution is 6.02. The molecule has 0 aromatic heterocycles. The lowest BCUT2D eigenvalue weighted by molar-refractivity contribution is -0.138. The van der Waals surface area contributed by atoms with E-state index in [0.717, 1.165) is 50.5 Å². The summed E-state index contributed by atoms with van der Waals surface area (Å²) < 4.78 is 41.3. The third-order valence-electron chi connectivity index (χ3n) is 7.02. The fourth-order valence-corrected chi connectivity index (χ4v) is 5.03. The Balaban J connectivity index is 1.49. The van der Waals surface area contributed by atoms with Crippen LogP contribution in [0.4, 0.5) is 24.5 Å². The van der Waals surface area contributed by atoms with Crippen molar-refractivity contribution in [3.63, 3.8) is 0 Å². The van der Waals surface area contributed by atoms with Crippen LogP contribution in [0.25, 0.3) is 0 Å². The number of nitrogens with zero attached hydrogens (tertiary/aromatic N) is 2. The lowest BCUT2D eigenvalue weighted by Gasteiger charge is -2.38. The number of piperazine rings is 1. The number of hydrogen-bond acceptors (Lipinski definition) is 4. The number of halogens is 3. The molecule has 1 atom stereocenters. The summed E-state index contributed by atoms with van der Waals surface area (Å²) in [6.07, 6.45) is -0.718. The zero-order valence-electron chi connectivity index (χ0n) is 19.4. The Morgan fingerprint density at radius 1 is 1.00 bits per heavy atom. The van der Waals surface area contributed by atoms with Crippen molar-refractivity contribution in [1.82, 2.24) is 10.2 Å². The van der Waals surface area contributed by atoms with Gasteiger partial charge in [0.1, 0.15) is 0 Å². The fraction of sp³-hybridized carbons (Fsp3) is 0.462. The molecular weight excluding hydrogens is 457 g/mol. The average molecular weight is 487 g/mol. The second kappa shape index (κ2) is 9.53. The van der Waals surface area contributed by atoms with Gasteiger partial charge in [-0.3, -0.25) is 9.59 Å². The van der Waals surface area contributed by atoms with Crippen molar-refractivity contribution in [2.24, 2.45) is 5.92 Å². The van der Waals surface area contributed by atoms with Crippen LogP contribution in [0.1, 0.15) is 53.2 Å². The molecule has 3 fully saturated rings. The smallest absolute Gasteiger partial charge is 0.371 e. The zero-order chi connectivity index (χ0) is 24.6. The van der Waals surface area contributed by atoms with E-state index in [1.54, 1.807) is 23.1 Å². The van der Waals surface area contributed by atoms with Crippen LogP contribution in [0.2, 0.25) is 0 Å². The van der Waals surface area contributed by atoms with E-state index in [2.05, 4.69) is 15.5 Å². The molecule has 9 heteroatoms. The van der Waals surface area contributed by atoms with Gasteiger partial charge in [-0.2, -0.15) is 13.2 Å². The number of anilines is 2. The molecular formula is C26H29F3N4O2. The van der Waals surface area contributed by atoms with Gasteiger partial charge in [0.2, 0.25) is 5.91 Å². The average Bonchev–Trinajstić information content (AvgIpc) is 3.57. The molecule has 6 nitrogen and oxygen atoms in total. The van der Waals surface area contributed by atoms with Crippen LogP contribution in [-0.4, -0.2) is 49.4 Å². The second-order valence-corrected chi connectivity index (χ2v) is 9.49. The first kappa shape index (κ1) is 23.7. The van der Waals surface area contributed by atoms with Gasteiger partial charge in [0.25, 0.3) is 5.91 Å². The number of carbonyl (C=O) groups excluding carboxylic acids is 2.